The van der Waals surface area contributed by atoms with Crippen molar-refractivity contribution in [2.24, 2.45) is 5.73 Å². The summed E-state index contributed by atoms with van der Waals surface area (Å²) in [6.45, 7) is 4.78. The average Bonchev–Trinajstić information content (AvgIpc) is 2.52. The molecule has 0 atom stereocenters. The Labute approximate surface area is 121 Å². The molecule has 1 fully saturated rings. The molecule has 0 spiro atoms. The van der Waals surface area contributed by atoms with Gasteiger partial charge in [0.15, 0.2) is 0 Å². The van der Waals surface area contributed by atoms with E-state index >= 15 is 0 Å². The molecule has 1 aliphatic heterocycles. The van der Waals surface area contributed by atoms with Gasteiger partial charge < -0.3 is 16.0 Å². The van der Waals surface area contributed by atoms with Gasteiger partial charge in [-0.1, -0.05) is 18.6 Å². The van der Waals surface area contributed by atoms with Crippen LogP contribution in [0.3, 0.4) is 0 Å². The van der Waals surface area contributed by atoms with E-state index < -0.39 is 0 Å². The van der Waals surface area contributed by atoms with Crippen LogP contribution in [0.2, 0.25) is 0 Å². The molecule has 110 valence electrons. The van der Waals surface area contributed by atoms with Gasteiger partial charge in [0.2, 0.25) is 0 Å². The van der Waals surface area contributed by atoms with Crippen molar-refractivity contribution in [1.29, 1.82) is 0 Å². The van der Waals surface area contributed by atoms with Crippen LogP contribution in [0.25, 0.3) is 0 Å². The Balaban J connectivity index is 1.66. The Bertz CT molecular complexity index is 410. The maximum Gasteiger partial charge on any atom is 0.251 e. The Morgan fingerprint density at radius 1 is 1.15 bits per heavy atom. The van der Waals surface area contributed by atoms with Crippen molar-refractivity contribution in [3.05, 3.63) is 35.4 Å². The second-order valence-corrected chi connectivity index (χ2v) is 5.41. The molecule has 20 heavy (non-hydrogen) atoms. The van der Waals surface area contributed by atoms with Crippen LogP contribution in [-0.4, -0.2) is 37.0 Å². The molecular formula is C16H25N3O. The van der Waals surface area contributed by atoms with E-state index in [0.29, 0.717) is 12.1 Å². The lowest BCUT2D eigenvalue weighted by atomic mass is 10.1. The first-order chi connectivity index (χ1) is 9.79. The highest BCUT2D eigenvalue weighted by Crippen LogP contribution is 2.08. The van der Waals surface area contributed by atoms with E-state index in [-0.39, 0.29) is 5.91 Å². The molecule has 4 nitrogen and oxygen atoms in total. The van der Waals surface area contributed by atoms with Crippen molar-refractivity contribution in [1.82, 2.24) is 10.2 Å². The first-order valence-corrected chi connectivity index (χ1v) is 7.59. The van der Waals surface area contributed by atoms with Gasteiger partial charge in [0.25, 0.3) is 5.91 Å². The summed E-state index contributed by atoms with van der Waals surface area (Å²) in [5, 5.41) is 2.98. The number of amides is 1. The van der Waals surface area contributed by atoms with Gasteiger partial charge in [0.05, 0.1) is 0 Å². The maximum atomic E-state index is 11.9. The Morgan fingerprint density at radius 3 is 2.50 bits per heavy atom. The van der Waals surface area contributed by atoms with Crippen molar-refractivity contribution in [3.63, 3.8) is 0 Å². The number of nitrogens with one attached hydrogen (secondary N) is 1. The topological polar surface area (TPSA) is 58.4 Å². The second kappa shape index (κ2) is 8.02. The van der Waals surface area contributed by atoms with Crippen molar-refractivity contribution in [2.45, 2.75) is 32.2 Å². The smallest absolute Gasteiger partial charge is 0.251 e. The Kier molecular flexibility index (Phi) is 6.02. The first-order valence-electron chi connectivity index (χ1n) is 7.59. The zero-order valence-electron chi connectivity index (χ0n) is 12.1. The summed E-state index contributed by atoms with van der Waals surface area (Å²) in [4.78, 5) is 14.4. The molecule has 0 bridgehead atoms. The monoisotopic (exact) mass is 275 g/mol. The Morgan fingerprint density at radius 2 is 1.85 bits per heavy atom. The van der Waals surface area contributed by atoms with Crippen molar-refractivity contribution in [3.8, 4) is 0 Å². The van der Waals surface area contributed by atoms with E-state index in [9.17, 15) is 4.79 Å². The third kappa shape index (κ3) is 4.62. The third-order valence-electron chi connectivity index (χ3n) is 3.84. The number of rotatable bonds is 6. The standard InChI is InChI=1S/C16H25N3O/c17-13-14-5-7-15(8-6-14)16(20)18-9-4-12-19-10-2-1-3-11-19/h5-8H,1-4,9-13,17H2,(H,18,20). The SMILES string of the molecule is NCc1ccc(C(=O)NCCCN2CCCCC2)cc1. The van der Waals surface area contributed by atoms with Crippen LogP contribution in [0.15, 0.2) is 24.3 Å². The number of benzene rings is 1. The van der Waals surface area contributed by atoms with E-state index in [1.165, 1.54) is 32.4 Å². The van der Waals surface area contributed by atoms with Gasteiger partial charge in [-0.2, -0.15) is 0 Å². The number of hydrogen-bond acceptors (Lipinski definition) is 3. The van der Waals surface area contributed by atoms with Crippen LogP contribution in [0, 0.1) is 0 Å². The minimum Gasteiger partial charge on any atom is -0.352 e. The molecule has 0 aliphatic carbocycles. The van der Waals surface area contributed by atoms with E-state index in [1.54, 1.807) is 0 Å². The van der Waals surface area contributed by atoms with Gasteiger partial charge in [-0.15, -0.1) is 0 Å². The summed E-state index contributed by atoms with van der Waals surface area (Å²) < 4.78 is 0. The lowest BCUT2D eigenvalue weighted by Crippen LogP contribution is -2.33. The summed E-state index contributed by atoms with van der Waals surface area (Å²) in [5.41, 5.74) is 7.30. The molecule has 4 heteroatoms. The van der Waals surface area contributed by atoms with Gasteiger partial charge in [-0.05, 0) is 56.6 Å². The number of nitrogens with two attached hydrogens (primary N) is 1. The predicted octanol–water partition coefficient (Wildman–Crippen LogP) is 1.75. The molecular weight excluding hydrogens is 250 g/mol. The van der Waals surface area contributed by atoms with Crippen LogP contribution in [0.4, 0.5) is 0 Å². The molecule has 1 aliphatic rings. The molecule has 1 aromatic carbocycles. The molecule has 2 rings (SSSR count). The van der Waals surface area contributed by atoms with E-state index in [4.69, 9.17) is 5.73 Å². The highest BCUT2D eigenvalue weighted by atomic mass is 16.1. The van der Waals surface area contributed by atoms with Crippen molar-refractivity contribution < 1.29 is 4.79 Å². The minimum absolute atomic E-state index is 0.00668. The average molecular weight is 275 g/mol. The number of nitrogens with zero attached hydrogens (tertiary/aromatic N) is 1. The summed E-state index contributed by atoms with van der Waals surface area (Å²) in [7, 11) is 0. The molecule has 0 radical (unpaired) electrons. The van der Waals surface area contributed by atoms with Crippen LogP contribution in [0.5, 0.6) is 0 Å². The van der Waals surface area contributed by atoms with Gasteiger partial charge in [0.1, 0.15) is 0 Å². The maximum absolute atomic E-state index is 11.9. The lowest BCUT2D eigenvalue weighted by molar-refractivity contribution is 0.0951. The minimum atomic E-state index is 0.00668. The number of hydrogen-bond donors (Lipinski definition) is 2. The highest BCUT2D eigenvalue weighted by Gasteiger charge is 2.09. The molecule has 0 unspecified atom stereocenters. The van der Waals surface area contributed by atoms with Gasteiger partial charge in [0, 0.05) is 18.7 Å². The zero-order valence-corrected chi connectivity index (χ0v) is 12.1. The summed E-state index contributed by atoms with van der Waals surface area (Å²) >= 11 is 0. The molecule has 1 saturated heterocycles. The normalized spacial score (nSPS) is 16.1. The number of carbonyl (C=O) groups is 1. The van der Waals surface area contributed by atoms with Crippen LogP contribution >= 0.6 is 0 Å². The summed E-state index contributed by atoms with van der Waals surface area (Å²) in [5.74, 6) is 0.00668. The number of piperidine rings is 1. The van der Waals surface area contributed by atoms with E-state index in [2.05, 4.69) is 10.2 Å². The van der Waals surface area contributed by atoms with E-state index in [0.717, 1.165) is 25.1 Å². The fourth-order valence-electron chi connectivity index (χ4n) is 2.58. The number of carbonyl (C=O) groups excluding carboxylic acids is 1. The van der Waals surface area contributed by atoms with Gasteiger partial charge in [-0.25, -0.2) is 0 Å². The quantitative estimate of drug-likeness (QED) is 0.778. The molecule has 0 aromatic heterocycles. The van der Waals surface area contributed by atoms with Gasteiger partial charge >= 0.3 is 0 Å². The van der Waals surface area contributed by atoms with Crippen LogP contribution in [0.1, 0.15) is 41.6 Å². The fourth-order valence-corrected chi connectivity index (χ4v) is 2.58. The summed E-state index contributed by atoms with van der Waals surface area (Å²) in [6, 6.07) is 7.48. The molecule has 1 heterocycles. The predicted molar refractivity (Wildman–Crippen MR) is 81.6 cm³/mol. The van der Waals surface area contributed by atoms with Crippen molar-refractivity contribution in [2.75, 3.05) is 26.2 Å². The first kappa shape index (κ1) is 15.0. The Hall–Kier alpha value is -1.39. The second-order valence-electron chi connectivity index (χ2n) is 5.41. The highest BCUT2D eigenvalue weighted by molar-refractivity contribution is 5.94. The van der Waals surface area contributed by atoms with Crippen molar-refractivity contribution >= 4 is 5.91 Å². The molecule has 0 saturated carbocycles. The van der Waals surface area contributed by atoms with Gasteiger partial charge in [-0.3, -0.25) is 4.79 Å². The third-order valence-corrected chi connectivity index (χ3v) is 3.84. The van der Waals surface area contributed by atoms with E-state index in [1.807, 2.05) is 24.3 Å². The lowest BCUT2D eigenvalue weighted by Gasteiger charge is -2.26. The van der Waals surface area contributed by atoms with Crippen LogP contribution in [-0.2, 0) is 6.54 Å². The molecule has 1 aromatic rings. The van der Waals surface area contributed by atoms with Crippen LogP contribution < -0.4 is 11.1 Å². The fraction of sp³-hybridized carbons (Fsp3) is 0.562. The zero-order chi connectivity index (χ0) is 14.2. The molecule has 3 N–H and O–H groups in total. The largest absolute Gasteiger partial charge is 0.352 e. The number of likely N-dealkylation sites (tertiary alicyclic amines) is 1. The molecule has 1 amide bonds. The summed E-state index contributed by atoms with van der Waals surface area (Å²) in [6.07, 6.45) is 5.03.